The smallest absolute Gasteiger partial charge is 0.239 e. The number of sulfonamides is 1. The quantitative estimate of drug-likeness (QED) is 0.434. The lowest BCUT2D eigenvalue weighted by atomic mass is 10.3. The van der Waals surface area contributed by atoms with E-state index >= 15 is 0 Å². The summed E-state index contributed by atoms with van der Waals surface area (Å²) in [5, 5.41) is 4.90. The molecule has 0 spiro atoms. The third-order valence-electron chi connectivity index (χ3n) is 1.52. The number of nitrogens with one attached hydrogen (secondary N) is 1. The number of nitrogen functional groups attached to an aromatic ring is 1. The van der Waals surface area contributed by atoms with E-state index in [4.69, 9.17) is 11.0 Å². The number of primary sulfonamides is 1. The molecule has 1 aromatic rings. The molecule has 0 aromatic carbocycles. The fourth-order valence-corrected chi connectivity index (χ4v) is 1.40. The lowest BCUT2D eigenvalue weighted by molar-refractivity contribution is 0.597. The average Bonchev–Trinajstić information content (AvgIpc) is 2.02. The molecule has 1 rings (SSSR count). The maximum absolute atomic E-state index is 10.9. The van der Waals surface area contributed by atoms with Crippen LogP contribution in [0.5, 0.6) is 0 Å². The molecule has 0 radical (unpaired) electrons. The molecule has 0 fully saturated rings. The second-order valence-corrected chi connectivity index (χ2v) is 4.09. The van der Waals surface area contributed by atoms with E-state index < -0.39 is 10.0 Å². The minimum atomic E-state index is -3.68. The summed E-state index contributed by atoms with van der Waals surface area (Å²) >= 11 is 0. The molecule has 0 saturated heterocycles. The molecule has 13 heavy (non-hydrogen) atoms. The van der Waals surface area contributed by atoms with Gasteiger partial charge in [-0.1, -0.05) is 0 Å². The van der Waals surface area contributed by atoms with E-state index in [1.807, 2.05) is 0 Å². The van der Waals surface area contributed by atoms with Gasteiger partial charge < -0.3 is 5.43 Å². The van der Waals surface area contributed by atoms with E-state index in [9.17, 15) is 8.42 Å². The molecule has 7 heteroatoms. The summed E-state index contributed by atoms with van der Waals surface area (Å²) in [6.45, 7) is 1.68. The van der Waals surface area contributed by atoms with Crippen LogP contribution in [0.25, 0.3) is 0 Å². The third kappa shape index (κ3) is 2.14. The zero-order chi connectivity index (χ0) is 10.1. The Morgan fingerprint density at radius 1 is 1.54 bits per heavy atom. The molecule has 0 aliphatic carbocycles. The first-order valence-electron chi connectivity index (χ1n) is 3.41. The highest BCUT2D eigenvalue weighted by Gasteiger charge is 2.09. The number of nitrogens with zero attached hydrogens (tertiary/aromatic N) is 1. The van der Waals surface area contributed by atoms with Crippen molar-refractivity contribution in [2.45, 2.75) is 11.8 Å². The van der Waals surface area contributed by atoms with E-state index in [1.54, 1.807) is 6.92 Å². The van der Waals surface area contributed by atoms with Crippen LogP contribution in [-0.4, -0.2) is 13.4 Å². The minimum absolute atomic E-state index is 0.0241. The second kappa shape index (κ2) is 3.29. The van der Waals surface area contributed by atoms with Gasteiger partial charge in [0.1, 0.15) is 10.7 Å². The summed E-state index contributed by atoms with van der Waals surface area (Å²) in [7, 11) is -3.68. The molecule has 1 heterocycles. The van der Waals surface area contributed by atoms with Gasteiger partial charge in [0.2, 0.25) is 10.0 Å². The monoisotopic (exact) mass is 202 g/mol. The Morgan fingerprint density at radius 3 is 2.54 bits per heavy atom. The molecule has 0 bridgehead atoms. The van der Waals surface area contributed by atoms with Crippen molar-refractivity contribution in [3.8, 4) is 0 Å². The molecule has 0 atom stereocenters. The average molecular weight is 202 g/mol. The number of pyridine rings is 1. The van der Waals surface area contributed by atoms with Crippen molar-refractivity contribution in [1.29, 1.82) is 0 Å². The molecule has 72 valence electrons. The van der Waals surface area contributed by atoms with E-state index in [2.05, 4.69) is 10.4 Å². The van der Waals surface area contributed by atoms with Crippen LogP contribution in [0, 0.1) is 6.92 Å². The largest absolute Gasteiger partial charge is 0.308 e. The Morgan fingerprint density at radius 2 is 2.15 bits per heavy atom. The van der Waals surface area contributed by atoms with Crippen molar-refractivity contribution < 1.29 is 8.42 Å². The maximum Gasteiger partial charge on any atom is 0.239 e. The number of hydrazine groups is 1. The first-order valence-corrected chi connectivity index (χ1v) is 4.96. The fourth-order valence-electron chi connectivity index (χ4n) is 0.856. The number of aryl methyl sites for hydroxylation is 1. The Labute approximate surface area is 76.0 Å². The van der Waals surface area contributed by atoms with Crippen LogP contribution < -0.4 is 16.4 Å². The molecule has 0 aliphatic rings. The Balaban J connectivity index is 3.26. The molecule has 1 aromatic heterocycles. The summed E-state index contributed by atoms with van der Waals surface area (Å²) < 4.78 is 21.7. The summed E-state index contributed by atoms with van der Waals surface area (Å²) in [6, 6.07) is 1.40. The van der Waals surface area contributed by atoms with Gasteiger partial charge in [0.05, 0.1) is 0 Å². The van der Waals surface area contributed by atoms with Crippen LogP contribution in [0.15, 0.2) is 17.2 Å². The molecule has 5 N–H and O–H groups in total. The predicted octanol–water partition coefficient (Wildman–Crippen LogP) is -0.677. The Bertz CT molecular complexity index is 415. The minimum Gasteiger partial charge on any atom is -0.308 e. The number of aromatic nitrogens is 1. The summed E-state index contributed by atoms with van der Waals surface area (Å²) in [6.07, 6.45) is 1.15. The van der Waals surface area contributed by atoms with Gasteiger partial charge in [0.25, 0.3) is 0 Å². The van der Waals surface area contributed by atoms with E-state index in [1.165, 1.54) is 6.07 Å². The van der Waals surface area contributed by atoms with Gasteiger partial charge in [-0.25, -0.2) is 24.4 Å². The lowest BCUT2D eigenvalue weighted by Crippen LogP contribution is -2.15. The highest BCUT2D eigenvalue weighted by Crippen LogP contribution is 2.13. The standard InChI is InChI=1S/C6H10N4O2S/c1-4-2-5(13(8,11)12)3-9-6(4)10-7/h2-3H,7H2,1H3,(H,9,10)(H2,8,11,12). The molecular weight excluding hydrogens is 192 g/mol. The van der Waals surface area contributed by atoms with Gasteiger partial charge in [0.15, 0.2) is 0 Å². The number of anilines is 1. The van der Waals surface area contributed by atoms with Crippen molar-refractivity contribution in [3.05, 3.63) is 17.8 Å². The highest BCUT2D eigenvalue weighted by molar-refractivity contribution is 7.89. The van der Waals surface area contributed by atoms with Crippen molar-refractivity contribution in [3.63, 3.8) is 0 Å². The van der Waals surface area contributed by atoms with Crippen molar-refractivity contribution >= 4 is 15.8 Å². The van der Waals surface area contributed by atoms with Crippen LogP contribution in [0.2, 0.25) is 0 Å². The first kappa shape index (κ1) is 9.90. The van der Waals surface area contributed by atoms with Crippen LogP contribution in [-0.2, 0) is 10.0 Å². The predicted molar refractivity (Wildman–Crippen MR) is 48.2 cm³/mol. The normalized spacial score (nSPS) is 11.3. The van der Waals surface area contributed by atoms with Crippen LogP contribution in [0.4, 0.5) is 5.82 Å². The summed E-state index contributed by atoms with van der Waals surface area (Å²) in [4.78, 5) is 3.74. The van der Waals surface area contributed by atoms with Gasteiger partial charge >= 0.3 is 0 Å². The lowest BCUT2D eigenvalue weighted by Gasteiger charge is -2.04. The highest BCUT2D eigenvalue weighted by atomic mass is 32.2. The van der Waals surface area contributed by atoms with E-state index in [0.29, 0.717) is 11.4 Å². The Kier molecular flexibility index (Phi) is 2.50. The number of rotatable bonds is 2. The molecule has 6 nitrogen and oxygen atoms in total. The fraction of sp³-hybridized carbons (Fsp3) is 0.167. The molecular formula is C6H10N4O2S. The van der Waals surface area contributed by atoms with Crippen molar-refractivity contribution in [1.82, 2.24) is 4.98 Å². The van der Waals surface area contributed by atoms with E-state index in [0.717, 1.165) is 6.20 Å². The van der Waals surface area contributed by atoms with Gasteiger partial charge in [0, 0.05) is 6.20 Å². The van der Waals surface area contributed by atoms with E-state index in [-0.39, 0.29) is 4.90 Å². The zero-order valence-electron chi connectivity index (χ0n) is 6.98. The van der Waals surface area contributed by atoms with Crippen LogP contribution in [0.1, 0.15) is 5.56 Å². The molecule has 0 amide bonds. The number of hydrogen-bond donors (Lipinski definition) is 3. The third-order valence-corrected chi connectivity index (χ3v) is 2.40. The number of nitrogens with two attached hydrogens (primary N) is 2. The number of hydrogen-bond acceptors (Lipinski definition) is 5. The molecule has 0 saturated carbocycles. The van der Waals surface area contributed by atoms with Crippen LogP contribution in [0.3, 0.4) is 0 Å². The maximum atomic E-state index is 10.9. The SMILES string of the molecule is Cc1cc(S(N)(=O)=O)cnc1NN. The molecule has 0 unspecified atom stereocenters. The zero-order valence-corrected chi connectivity index (χ0v) is 7.80. The topological polar surface area (TPSA) is 111 Å². The van der Waals surface area contributed by atoms with Gasteiger partial charge in [-0.05, 0) is 18.6 Å². The first-order chi connectivity index (χ1) is 5.95. The summed E-state index contributed by atoms with van der Waals surface area (Å²) in [5.74, 6) is 5.54. The van der Waals surface area contributed by atoms with Crippen LogP contribution >= 0.6 is 0 Å². The van der Waals surface area contributed by atoms with Crippen molar-refractivity contribution in [2.24, 2.45) is 11.0 Å². The van der Waals surface area contributed by atoms with Crippen molar-refractivity contribution in [2.75, 3.05) is 5.43 Å². The van der Waals surface area contributed by atoms with Gasteiger partial charge in [-0.15, -0.1) is 0 Å². The molecule has 0 aliphatic heterocycles. The second-order valence-electron chi connectivity index (χ2n) is 2.53. The van der Waals surface area contributed by atoms with Gasteiger partial charge in [-0.2, -0.15) is 0 Å². The summed E-state index contributed by atoms with van der Waals surface area (Å²) in [5.41, 5.74) is 2.95. The van der Waals surface area contributed by atoms with Gasteiger partial charge in [-0.3, -0.25) is 0 Å². The Hall–Kier alpha value is -1.18.